The molecule has 0 amide bonds. The summed E-state index contributed by atoms with van der Waals surface area (Å²) >= 11 is 0. The van der Waals surface area contributed by atoms with Crippen molar-refractivity contribution in [3.63, 3.8) is 0 Å². The molecule has 1 aliphatic carbocycles. The van der Waals surface area contributed by atoms with Gasteiger partial charge in [0.05, 0.1) is 17.6 Å². The second-order valence-corrected chi connectivity index (χ2v) is 6.17. The van der Waals surface area contributed by atoms with Gasteiger partial charge in [-0.3, -0.25) is 0 Å². The molecule has 1 heterocycles. The van der Waals surface area contributed by atoms with Crippen LogP contribution in [0.2, 0.25) is 0 Å². The Hall–Kier alpha value is -0.890. The third-order valence-electron chi connectivity index (χ3n) is 3.26. The van der Waals surface area contributed by atoms with Gasteiger partial charge in [0.2, 0.25) is 10.0 Å². The van der Waals surface area contributed by atoms with Crippen LogP contribution in [0.3, 0.4) is 0 Å². The van der Waals surface area contributed by atoms with Crippen LogP contribution in [-0.2, 0) is 21.4 Å². The predicted octanol–water partition coefficient (Wildman–Crippen LogP) is 0.353. The highest BCUT2D eigenvalue weighted by molar-refractivity contribution is 7.89. The monoisotopic (exact) mass is 274 g/mol. The molecule has 1 aliphatic rings. The number of methoxy groups -OCH3 is 1. The van der Waals surface area contributed by atoms with Gasteiger partial charge in [0.1, 0.15) is 0 Å². The number of H-pyrrole nitrogens is 1. The van der Waals surface area contributed by atoms with E-state index in [1.807, 2.05) is 0 Å². The van der Waals surface area contributed by atoms with Crippen molar-refractivity contribution < 1.29 is 18.3 Å². The van der Waals surface area contributed by atoms with Gasteiger partial charge in [0.15, 0.2) is 0 Å². The fourth-order valence-electron chi connectivity index (χ4n) is 2.28. The molecule has 0 spiro atoms. The van der Waals surface area contributed by atoms with Crippen molar-refractivity contribution in [2.24, 2.45) is 0 Å². The number of hydrogen-bond acceptors (Lipinski definition) is 4. The Bertz CT molecular complexity index is 497. The second kappa shape index (κ2) is 5.40. The summed E-state index contributed by atoms with van der Waals surface area (Å²) in [5.74, 6) is 0. The van der Waals surface area contributed by atoms with Crippen LogP contribution in [0.1, 0.15) is 25.0 Å². The summed E-state index contributed by atoms with van der Waals surface area (Å²) in [5, 5.41) is 8.91. The first kappa shape index (κ1) is 13.5. The lowest BCUT2D eigenvalue weighted by Gasteiger charge is -2.19. The topological polar surface area (TPSA) is 91.4 Å². The van der Waals surface area contributed by atoms with E-state index in [-0.39, 0.29) is 23.6 Å². The Morgan fingerprint density at radius 3 is 2.94 bits per heavy atom. The summed E-state index contributed by atoms with van der Waals surface area (Å²) in [4.78, 5) is 2.86. The van der Waals surface area contributed by atoms with E-state index in [0.717, 1.165) is 19.3 Å². The quantitative estimate of drug-likeness (QED) is 0.722. The number of aliphatic hydroxyl groups excluding tert-OH is 1. The molecule has 1 aromatic heterocycles. The first-order valence-electron chi connectivity index (χ1n) is 5.90. The summed E-state index contributed by atoms with van der Waals surface area (Å²) in [6.45, 7) is -0.209. The van der Waals surface area contributed by atoms with E-state index in [9.17, 15) is 8.42 Å². The van der Waals surface area contributed by atoms with E-state index in [2.05, 4.69) is 9.71 Å². The molecule has 0 aromatic carbocycles. The highest BCUT2D eigenvalue weighted by Gasteiger charge is 2.31. The molecule has 2 atom stereocenters. The van der Waals surface area contributed by atoms with Gasteiger partial charge in [-0.05, 0) is 25.3 Å². The van der Waals surface area contributed by atoms with Crippen molar-refractivity contribution in [1.82, 2.24) is 9.71 Å². The van der Waals surface area contributed by atoms with Gasteiger partial charge in [-0.15, -0.1) is 0 Å². The lowest BCUT2D eigenvalue weighted by molar-refractivity contribution is 0.0916. The maximum absolute atomic E-state index is 12.1. The summed E-state index contributed by atoms with van der Waals surface area (Å²) in [6, 6.07) is 1.26. The number of rotatable bonds is 5. The normalized spacial score (nSPS) is 24.6. The average Bonchev–Trinajstić information content (AvgIpc) is 2.96. The first-order valence-corrected chi connectivity index (χ1v) is 7.38. The van der Waals surface area contributed by atoms with Gasteiger partial charge in [0, 0.05) is 25.0 Å². The maximum atomic E-state index is 12.1. The summed E-state index contributed by atoms with van der Waals surface area (Å²) in [7, 11) is -1.95. The molecule has 0 saturated heterocycles. The number of sulfonamides is 1. The molecule has 7 heteroatoms. The first-order chi connectivity index (χ1) is 8.56. The van der Waals surface area contributed by atoms with Crippen molar-refractivity contribution >= 4 is 10.0 Å². The highest BCUT2D eigenvalue weighted by Crippen LogP contribution is 2.23. The molecular formula is C11H18N2O4S. The molecule has 1 saturated carbocycles. The molecule has 1 aromatic rings. The Balaban J connectivity index is 2.11. The van der Waals surface area contributed by atoms with E-state index in [0.29, 0.717) is 5.69 Å². The van der Waals surface area contributed by atoms with Crippen LogP contribution < -0.4 is 4.72 Å². The largest absolute Gasteiger partial charge is 0.390 e. The Labute approximate surface area is 106 Å². The minimum atomic E-state index is -3.55. The standard InChI is InChI=1S/C11H18N2O4S/c1-17-11-4-2-3-10(11)13-18(15,16)9-5-8(7-14)12-6-9/h5-6,10-14H,2-4,7H2,1H3. The van der Waals surface area contributed by atoms with E-state index < -0.39 is 10.0 Å². The molecule has 0 aliphatic heterocycles. The van der Waals surface area contributed by atoms with Crippen LogP contribution in [0.5, 0.6) is 0 Å². The lowest BCUT2D eigenvalue weighted by Crippen LogP contribution is -2.40. The Morgan fingerprint density at radius 1 is 1.56 bits per heavy atom. The molecule has 2 unspecified atom stereocenters. The van der Waals surface area contributed by atoms with Gasteiger partial charge >= 0.3 is 0 Å². The molecule has 6 nitrogen and oxygen atoms in total. The smallest absolute Gasteiger partial charge is 0.242 e. The zero-order valence-corrected chi connectivity index (χ0v) is 11.0. The summed E-state index contributed by atoms with van der Waals surface area (Å²) < 4.78 is 32.1. The molecule has 3 N–H and O–H groups in total. The van der Waals surface area contributed by atoms with Crippen LogP contribution in [0.4, 0.5) is 0 Å². The van der Waals surface area contributed by atoms with Crippen molar-refractivity contribution in [1.29, 1.82) is 0 Å². The van der Waals surface area contributed by atoms with Gasteiger partial charge in [-0.1, -0.05) is 0 Å². The lowest BCUT2D eigenvalue weighted by atomic mass is 10.2. The van der Waals surface area contributed by atoms with E-state index >= 15 is 0 Å². The van der Waals surface area contributed by atoms with Crippen molar-refractivity contribution in [3.05, 3.63) is 18.0 Å². The molecular weight excluding hydrogens is 256 g/mol. The third kappa shape index (κ3) is 2.74. The zero-order valence-electron chi connectivity index (χ0n) is 10.2. The Kier molecular flexibility index (Phi) is 4.06. The number of nitrogens with one attached hydrogen (secondary N) is 2. The SMILES string of the molecule is COC1CCCC1NS(=O)(=O)c1c[nH]c(CO)c1. The van der Waals surface area contributed by atoms with E-state index in [1.54, 1.807) is 7.11 Å². The number of aromatic nitrogens is 1. The predicted molar refractivity (Wildman–Crippen MR) is 65.5 cm³/mol. The average molecular weight is 274 g/mol. The van der Waals surface area contributed by atoms with E-state index in [1.165, 1.54) is 12.3 Å². The van der Waals surface area contributed by atoms with Crippen molar-refractivity contribution in [2.45, 2.75) is 42.9 Å². The summed E-state index contributed by atoms with van der Waals surface area (Å²) in [6.07, 6.45) is 3.94. The zero-order chi connectivity index (χ0) is 13.2. The minimum absolute atomic E-state index is 0.0592. The third-order valence-corrected chi connectivity index (χ3v) is 4.73. The second-order valence-electron chi connectivity index (χ2n) is 4.45. The van der Waals surface area contributed by atoms with Crippen LogP contribution in [-0.4, -0.2) is 37.8 Å². The van der Waals surface area contributed by atoms with Crippen molar-refractivity contribution in [2.75, 3.05) is 7.11 Å². The van der Waals surface area contributed by atoms with Gasteiger partial charge < -0.3 is 14.8 Å². The van der Waals surface area contributed by atoms with Gasteiger partial charge in [-0.25, -0.2) is 13.1 Å². The molecule has 18 heavy (non-hydrogen) atoms. The Morgan fingerprint density at radius 2 is 2.33 bits per heavy atom. The molecule has 0 radical (unpaired) electrons. The van der Waals surface area contributed by atoms with Crippen LogP contribution in [0.25, 0.3) is 0 Å². The summed E-state index contributed by atoms with van der Waals surface area (Å²) in [5.41, 5.74) is 0.477. The molecule has 1 fully saturated rings. The maximum Gasteiger partial charge on any atom is 0.242 e. The van der Waals surface area contributed by atoms with Crippen molar-refractivity contribution in [3.8, 4) is 0 Å². The number of aromatic amines is 1. The van der Waals surface area contributed by atoms with Gasteiger partial charge in [0.25, 0.3) is 0 Å². The number of aliphatic hydroxyl groups is 1. The van der Waals surface area contributed by atoms with Crippen LogP contribution in [0, 0.1) is 0 Å². The van der Waals surface area contributed by atoms with E-state index in [4.69, 9.17) is 9.84 Å². The molecule has 2 rings (SSSR count). The minimum Gasteiger partial charge on any atom is -0.390 e. The molecule has 0 bridgehead atoms. The fourth-order valence-corrected chi connectivity index (χ4v) is 3.59. The number of ether oxygens (including phenoxy) is 1. The fraction of sp³-hybridized carbons (Fsp3) is 0.636. The van der Waals surface area contributed by atoms with Crippen LogP contribution in [0.15, 0.2) is 17.2 Å². The molecule has 102 valence electrons. The van der Waals surface area contributed by atoms with Crippen LogP contribution >= 0.6 is 0 Å². The van der Waals surface area contributed by atoms with Gasteiger partial charge in [-0.2, -0.15) is 0 Å². The number of hydrogen-bond donors (Lipinski definition) is 3. The highest BCUT2D eigenvalue weighted by atomic mass is 32.2.